The van der Waals surface area contributed by atoms with Gasteiger partial charge in [-0.1, -0.05) is 0 Å². The molecule has 1 atom stereocenters. The van der Waals surface area contributed by atoms with Crippen LogP contribution in [0.4, 0.5) is 11.4 Å². The van der Waals surface area contributed by atoms with E-state index in [4.69, 9.17) is 4.74 Å². The fourth-order valence-corrected chi connectivity index (χ4v) is 5.35. The highest BCUT2D eigenvalue weighted by molar-refractivity contribution is 7.92. The predicted octanol–water partition coefficient (Wildman–Crippen LogP) is 3.58. The van der Waals surface area contributed by atoms with Crippen LogP contribution in [-0.4, -0.2) is 38.6 Å². The van der Waals surface area contributed by atoms with Gasteiger partial charge in [0.05, 0.1) is 16.8 Å². The lowest BCUT2D eigenvalue weighted by Gasteiger charge is -2.18. The van der Waals surface area contributed by atoms with E-state index in [0.717, 1.165) is 24.1 Å². The molecule has 2 aliphatic rings. The van der Waals surface area contributed by atoms with Gasteiger partial charge in [0.2, 0.25) is 11.8 Å². The SMILES string of the molecule is CCOc1ccc(NC(=O)C[C@H](C)S(=O)(=O)c2ccc3c(c2)CCN3C(=O)C2CC2)cc1. The third-order valence-electron chi connectivity index (χ3n) is 5.92. The van der Waals surface area contributed by atoms with Crippen molar-refractivity contribution in [3.05, 3.63) is 48.0 Å². The molecule has 7 nitrogen and oxygen atoms in total. The fourth-order valence-electron chi connectivity index (χ4n) is 3.95. The van der Waals surface area contributed by atoms with Crippen molar-refractivity contribution in [2.75, 3.05) is 23.4 Å². The molecule has 1 aliphatic heterocycles. The summed E-state index contributed by atoms with van der Waals surface area (Å²) in [5, 5.41) is 1.86. The van der Waals surface area contributed by atoms with Gasteiger partial charge in [0, 0.05) is 30.3 Å². The average Bonchev–Trinajstić information content (AvgIpc) is 3.53. The Morgan fingerprint density at radius 2 is 1.88 bits per heavy atom. The Balaban J connectivity index is 1.41. The van der Waals surface area contributed by atoms with Crippen LogP contribution in [0.15, 0.2) is 47.4 Å². The molecule has 0 saturated heterocycles. The van der Waals surface area contributed by atoms with Gasteiger partial charge in [-0.05, 0) is 81.1 Å². The zero-order valence-electron chi connectivity index (χ0n) is 18.3. The molecule has 1 heterocycles. The maximum atomic E-state index is 13.1. The number of sulfone groups is 1. The third kappa shape index (κ3) is 4.65. The standard InChI is InChI=1S/C24H28N2O5S/c1-3-31-20-8-6-19(7-9-20)25-23(27)14-16(2)32(29,30)21-10-11-22-18(15-21)12-13-26(22)24(28)17-4-5-17/h6-11,15-17H,3-5,12-14H2,1-2H3,(H,25,27)/t16-/m0/s1. The highest BCUT2D eigenvalue weighted by Crippen LogP contribution is 2.37. The van der Waals surface area contributed by atoms with Crippen molar-refractivity contribution in [3.8, 4) is 5.75 Å². The first-order valence-corrected chi connectivity index (χ1v) is 12.5. The number of rotatable bonds is 8. The topological polar surface area (TPSA) is 92.8 Å². The van der Waals surface area contributed by atoms with Gasteiger partial charge in [-0.3, -0.25) is 9.59 Å². The number of anilines is 2. The summed E-state index contributed by atoms with van der Waals surface area (Å²) in [4.78, 5) is 26.8. The molecule has 1 N–H and O–H groups in total. The molecule has 2 amide bonds. The number of hydrogen-bond donors (Lipinski definition) is 1. The molecule has 0 spiro atoms. The number of ether oxygens (including phenoxy) is 1. The van der Waals surface area contributed by atoms with Crippen LogP contribution in [0.25, 0.3) is 0 Å². The number of fused-ring (bicyclic) bond motifs is 1. The van der Waals surface area contributed by atoms with Crippen molar-refractivity contribution in [2.45, 2.75) is 49.7 Å². The Morgan fingerprint density at radius 3 is 2.53 bits per heavy atom. The van der Waals surface area contributed by atoms with Gasteiger partial charge in [0.25, 0.3) is 0 Å². The molecule has 170 valence electrons. The van der Waals surface area contributed by atoms with Gasteiger partial charge in [0.1, 0.15) is 5.75 Å². The zero-order chi connectivity index (χ0) is 22.9. The van der Waals surface area contributed by atoms with Crippen LogP contribution in [0.3, 0.4) is 0 Å². The minimum absolute atomic E-state index is 0.123. The second kappa shape index (κ2) is 8.94. The molecular formula is C24H28N2O5S. The Hall–Kier alpha value is -2.87. The first-order valence-electron chi connectivity index (χ1n) is 11.0. The molecule has 8 heteroatoms. The second-order valence-electron chi connectivity index (χ2n) is 8.37. The summed E-state index contributed by atoms with van der Waals surface area (Å²) < 4.78 is 31.6. The molecule has 1 saturated carbocycles. The number of carbonyl (C=O) groups excluding carboxylic acids is 2. The van der Waals surface area contributed by atoms with Crippen molar-refractivity contribution < 1.29 is 22.7 Å². The Bertz CT molecular complexity index is 1120. The van der Waals surface area contributed by atoms with Gasteiger partial charge < -0.3 is 15.0 Å². The summed E-state index contributed by atoms with van der Waals surface area (Å²) in [6, 6.07) is 11.9. The predicted molar refractivity (Wildman–Crippen MR) is 123 cm³/mol. The largest absolute Gasteiger partial charge is 0.494 e. The number of amides is 2. The molecule has 0 radical (unpaired) electrons. The van der Waals surface area contributed by atoms with E-state index in [2.05, 4.69) is 5.32 Å². The van der Waals surface area contributed by atoms with E-state index >= 15 is 0 Å². The van der Waals surface area contributed by atoms with Crippen molar-refractivity contribution in [1.29, 1.82) is 0 Å². The first-order chi connectivity index (χ1) is 15.3. The molecule has 2 aromatic rings. The van der Waals surface area contributed by atoms with Gasteiger partial charge in [-0.2, -0.15) is 0 Å². The first kappa shape index (κ1) is 22.3. The van der Waals surface area contributed by atoms with Gasteiger partial charge >= 0.3 is 0 Å². The van der Waals surface area contributed by atoms with Gasteiger partial charge in [-0.15, -0.1) is 0 Å². The van der Waals surface area contributed by atoms with Gasteiger partial charge in [0.15, 0.2) is 9.84 Å². The average molecular weight is 457 g/mol. The van der Waals surface area contributed by atoms with E-state index in [0.29, 0.717) is 31.0 Å². The molecule has 1 aliphatic carbocycles. The Morgan fingerprint density at radius 1 is 1.16 bits per heavy atom. The monoisotopic (exact) mass is 456 g/mol. The molecule has 0 bridgehead atoms. The van der Waals surface area contributed by atoms with E-state index in [1.807, 2.05) is 6.92 Å². The van der Waals surface area contributed by atoms with Crippen LogP contribution in [0.5, 0.6) is 5.75 Å². The van der Waals surface area contributed by atoms with Crippen LogP contribution in [0.1, 0.15) is 38.7 Å². The van der Waals surface area contributed by atoms with Crippen LogP contribution < -0.4 is 15.0 Å². The summed E-state index contributed by atoms with van der Waals surface area (Å²) in [6.45, 7) is 4.58. The second-order valence-corrected chi connectivity index (χ2v) is 10.7. The van der Waals surface area contributed by atoms with Crippen molar-refractivity contribution in [3.63, 3.8) is 0 Å². The van der Waals surface area contributed by atoms with Crippen molar-refractivity contribution in [2.24, 2.45) is 5.92 Å². The number of nitrogens with one attached hydrogen (secondary N) is 1. The summed E-state index contributed by atoms with van der Waals surface area (Å²) in [5.74, 6) is 0.597. The number of nitrogens with zero attached hydrogens (tertiary/aromatic N) is 1. The lowest BCUT2D eigenvalue weighted by molar-refractivity contribution is -0.119. The molecule has 1 fully saturated rings. The summed E-state index contributed by atoms with van der Waals surface area (Å²) in [7, 11) is -3.69. The molecule has 32 heavy (non-hydrogen) atoms. The smallest absolute Gasteiger partial charge is 0.230 e. The normalized spacial score (nSPS) is 16.4. The van der Waals surface area contributed by atoms with E-state index in [1.54, 1.807) is 54.3 Å². The third-order valence-corrected chi connectivity index (χ3v) is 8.06. The lowest BCUT2D eigenvalue weighted by atomic mass is 10.2. The number of benzene rings is 2. The van der Waals surface area contributed by atoms with E-state index in [9.17, 15) is 18.0 Å². The maximum absolute atomic E-state index is 13.1. The maximum Gasteiger partial charge on any atom is 0.230 e. The number of hydrogen-bond acceptors (Lipinski definition) is 5. The van der Waals surface area contributed by atoms with Crippen molar-refractivity contribution >= 4 is 33.0 Å². The van der Waals surface area contributed by atoms with Crippen LogP contribution in [-0.2, 0) is 25.8 Å². The minimum atomic E-state index is -3.69. The molecule has 2 aromatic carbocycles. The number of carbonyl (C=O) groups is 2. The fraction of sp³-hybridized carbons (Fsp3) is 0.417. The molecular weight excluding hydrogens is 428 g/mol. The van der Waals surface area contributed by atoms with Gasteiger partial charge in [-0.25, -0.2) is 8.42 Å². The Kier molecular flexibility index (Phi) is 6.24. The minimum Gasteiger partial charge on any atom is -0.494 e. The quantitative estimate of drug-likeness (QED) is 0.656. The van der Waals surface area contributed by atoms with Crippen LogP contribution >= 0.6 is 0 Å². The van der Waals surface area contributed by atoms with Crippen molar-refractivity contribution in [1.82, 2.24) is 0 Å². The lowest BCUT2D eigenvalue weighted by Crippen LogP contribution is -2.30. The zero-order valence-corrected chi connectivity index (χ0v) is 19.2. The van der Waals surface area contributed by atoms with Crippen LogP contribution in [0, 0.1) is 5.92 Å². The van der Waals surface area contributed by atoms with E-state index < -0.39 is 15.1 Å². The Labute approximate surface area is 188 Å². The summed E-state index contributed by atoms with van der Waals surface area (Å²) in [5.41, 5.74) is 2.26. The van der Waals surface area contributed by atoms with Crippen LogP contribution in [0.2, 0.25) is 0 Å². The highest BCUT2D eigenvalue weighted by Gasteiger charge is 2.37. The highest BCUT2D eigenvalue weighted by atomic mass is 32.2. The molecule has 0 unspecified atom stereocenters. The molecule has 0 aromatic heterocycles. The molecule has 4 rings (SSSR count). The van der Waals surface area contributed by atoms with E-state index in [1.165, 1.54) is 0 Å². The summed E-state index contributed by atoms with van der Waals surface area (Å²) in [6.07, 6.45) is 2.36. The van der Waals surface area contributed by atoms with E-state index in [-0.39, 0.29) is 29.0 Å². The summed E-state index contributed by atoms with van der Waals surface area (Å²) >= 11 is 0.